The molecule has 0 aliphatic rings. The Labute approximate surface area is 122 Å². The molecule has 0 spiro atoms. The van der Waals surface area contributed by atoms with Crippen molar-refractivity contribution in [2.45, 2.75) is 33.0 Å². The molecule has 20 heavy (non-hydrogen) atoms. The van der Waals surface area contributed by atoms with Gasteiger partial charge in [-0.15, -0.1) is 12.4 Å². The molecule has 0 unspecified atom stereocenters. The standard InChI is InChI=1S/C12H17F2N5.ClH/c1-9-11(6-17-19(9)8-12(13)14)5-15-3-10-4-16-18(2)7-10;/h4,6-7,12,15H,3,5,8H2,1-2H3;1H. The average molecular weight is 306 g/mol. The fraction of sp³-hybridized carbons (Fsp3) is 0.500. The first-order valence-electron chi connectivity index (χ1n) is 6.04. The fourth-order valence-corrected chi connectivity index (χ4v) is 1.88. The van der Waals surface area contributed by atoms with Crippen molar-refractivity contribution < 1.29 is 8.78 Å². The normalized spacial score (nSPS) is 10.8. The summed E-state index contributed by atoms with van der Waals surface area (Å²) < 4.78 is 27.7. The van der Waals surface area contributed by atoms with Crippen LogP contribution in [0.1, 0.15) is 16.8 Å². The zero-order chi connectivity index (χ0) is 13.8. The summed E-state index contributed by atoms with van der Waals surface area (Å²) in [6, 6.07) is 0. The first-order valence-corrected chi connectivity index (χ1v) is 6.04. The number of aryl methyl sites for hydroxylation is 1. The highest BCUT2D eigenvalue weighted by Gasteiger charge is 2.10. The summed E-state index contributed by atoms with van der Waals surface area (Å²) in [5.74, 6) is 0. The van der Waals surface area contributed by atoms with Crippen molar-refractivity contribution in [3.63, 3.8) is 0 Å². The molecule has 0 atom stereocenters. The molecule has 1 N–H and O–H groups in total. The highest BCUT2D eigenvalue weighted by Crippen LogP contribution is 2.09. The molecule has 2 heterocycles. The van der Waals surface area contributed by atoms with Gasteiger partial charge in [0.05, 0.1) is 12.4 Å². The molecule has 112 valence electrons. The van der Waals surface area contributed by atoms with E-state index in [1.807, 2.05) is 13.2 Å². The van der Waals surface area contributed by atoms with E-state index >= 15 is 0 Å². The molecule has 0 aliphatic heterocycles. The Kier molecular flexibility index (Phi) is 6.09. The monoisotopic (exact) mass is 305 g/mol. The maximum atomic E-state index is 12.3. The highest BCUT2D eigenvalue weighted by molar-refractivity contribution is 5.85. The van der Waals surface area contributed by atoms with Gasteiger partial charge in [-0.25, -0.2) is 8.78 Å². The quantitative estimate of drug-likeness (QED) is 0.887. The minimum Gasteiger partial charge on any atom is -0.308 e. The van der Waals surface area contributed by atoms with Crippen molar-refractivity contribution in [1.82, 2.24) is 24.9 Å². The summed E-state index contributed by atoms with van der Waals surface area (Å²) in [5.41, 5.74) is 2.80. The summed E-state index contributed by atoms with van der Waals surface area (Å²) in [6.45, 7) is 2.74. The van der Waals surface area contributed by atoms with E-state index in [2.05, 4.69) is 15.5 Å². The lowest BCUT2D eigenvalue weighted by atomic mass is 10.2. The molecule has 0 aromatic carbocycles. The second-order valence-electron chi connectivity index (χ2n) is 4.45. The first-order chi connectivity index (χ1) is 9.06. The molecular weight excluding hydrogens is 288 g/mol. The Balaban J connectivity index is 0.00000200. The van der Waals surface area contributed by atoms with Crippen molar-refractivity contribution in [1.29, 1.82) is 0 Å². The van der Waals surface area contributed by atoms with Crippen molar-refractivity contribution in [3.8, 4) is 0 Å². The third-order valence-corrected chi connectivity index (χ3v) is 2.92. The lowest BCUT2D eigenvalue weighted by Gasteiger charge is -2.05. The fourth-order valence-electron chi connectivity index (χ4n) is 1.88. The van der Waals surface area contributed by atoms with Gasteiger partial charge in [-0.3, -0.25) is 9.36 Å². The van der Waals surface area contributed by atoms with Crippen LogP contribution >= 0.6 is 12.4 Å². The van der Waals surface area contributed by atoms with Gasteiger partial charge >= 0.3 is 0 Å². The van der Waals surface area contributed by atoms with Crippen LogP contribution in [-0.4, -0.2) is 26.0 Å². The third kappa shape index (κ3) is 4.28. The van der Waals surface area contributed by atoms with E-state index < -0.39 is 6.43 Å². The van der Waals surface area contributed by atoms with Crippen molar-refractivity contribution >= 4 is 12.4 Å². The van der Waals surface area contributed by atoms with Crippen LogP contribution in [0.2, 0.25) is 0 Å². The van der Waals surface area contributed by atoms with E-state index in [1.165, 1.54) is 4.68 Å². The smallest absolute Gasteiger partial charge is 0.257 e. The Morgan fingerprint density at radius 2 is 2.00 bits per heavy atom. The summed E-state index contributed by atoms with van der Waals surface area (Å²) in [7, 11) is 1.86. The van der Waals surface area contributed by atoms with Crippen molar-refractivity contribution in [2.75, 3.05) is 0 Å². The summed E-state index contributed by atoms with van der Waals surface area (Å²) in [5, 5.41) is 11.3. The Morgan fingerprint density at radius 3 is 2.60 bits per heavy atom. The van der Waals surface area contributed by atoms with Crippen LogP contribution < -0.4 is 5.32 Å². The topological polar surface area (TPSA) is 47.7 Å². The summed E-state index contributed by atoms with van der Waals surface area (Å²) in [4.78, 5) is 0. The molecule has 0 radical (unpaired) electrons. The van der Waals surface area contributed by atoms with Gasteiger partial charge in [0, 0.05) is 43.2 Å². The number of hydrogen-bond donors (Lipinski definition) is 1. The average Bonchev–Trinajstić information content (AvgIpc) is 2.89. The Bertz CT molecular complexity index is 538. The Hall–Kier alpha value is -1.47. The summed E-state index contributed by atoms with van der Waals surface area (Å²) in [6.07, 6.45) is 2.98. The Morgan fingerprint density at radius 1 is 1.25 bits per heavy atom. The molecule has 5 nitrogen and oxygen atoms in total. The van der Waals surface area contributed by atoms with Crippen LogP contribution in [0.15, 0.2) is 18.6 Å². The van der Waals surface area contributed by atoms with E-state index in [9.17, 15) is 8.78 Å². The molecule has 0 aliphatic carbocycles. The van der Waals surface area contributed by atoms with Crippen LogP contribution in [0.3, 0.4) is 0 Å². The van der Waals surface area contributed by atoms with E-state index in [0.717, 1.165) is 16.8 Å². The number of nitrogens with zero attached hydrogens (tertiary/aromatic N) is 4. The largest absolute Gasteiger partial charge is 0.308 e. The predicted molar refractivity (Wildman–Crippen MR) is 74.0 cm³/mol. The number of nitrogens with one attached hydrogen (secondary N) is 1. The molecule has 0 fully saturated rings. The van der Waals surface area contributed by atoms with Gasteiger partial charge in [-0.1, -0.05) is 0 Å². The predicted octanol–water partition coefficient (Wildman–Crippen LogP) is 1.90. The SMILES string of the molecule is Cc1c(CNCc2cnn(C)c2)cnn1CC(F)F.Cl. The number of rotatable bonds is 6. The van der Waals surface area contributed by atoms with Crippen LogP contribution in [0.4, 0.5) is 8.78 Å². The van der Waals surface area contributed by atoms with E-state index in [4.69, 9.17) is 0 Å². The summed E-state index contributed by atoms with van der Waals surface area (Å²) >= 11 is 0. The number of halogens is 3. The second kappa shape index (κ2) is 7.35. The lowest BCUT2D eigenvalue weighted by molar-refractivity contribution is 0.121. The van der Waals surface area contributed by atoms with E-state index in [0.29, 0.717) is 13.1 Å². The van der Waals surface area contributed by atoms with Gasteiger partial charge in [0.15, 0.2) is 0 Å². The van der Waals surface area contributed by atoms with Crippen LogP contribution in [0, 0.1) is 6.92 Å². The van der Waals surface area contributed by atoms with Crippen LogP contribution in [0.5, 0.6) is 0 Å². The molecule has 0 saturated heterocycles. The van der Waals surface area contributed by atoms with Gasteiger partial charge in [-0.2, -0.15) is 10.2 Å². The maximum Gasteiger partial charge on any atom is 0.257 e. The number of aromatic nitrogens is 4. The number of hydrogen-bond acceptors (Lipinski definition) is 3. The van der Waals surface area contributed by atoms with Gasteiger partial charge in [0.1, 0.15) is 6.54 Å². The van der Waals surface area contributed by atoms with Crippen LogP contribution in [0.25, 0.3) is 0 Å². The van der Waals surface area contributed by atoms with Crippen molar-refractivity contribution in [2.24, 2.45) is 7.05 Å². The van der Waals surface area contributed by atoms with E-state index in [1.54, 1.807) is 24.0 Å². The molecule has 2 aromatic rings. The molecular formula is C12H18ClF2N5. The zero-order valence-corrected chi connectivity index (χ0v) is 12.2. The minimum atomic E-state index is -2.38. The van der Waals surface area contributed by atoms with Crippen molar-refractivity contribution in [3.05, 3.63) is 35.4 Å². The van der Waals surface area contributed by atoms with Crippen LogP contribution in [-0.2, 0) is 26.7 Å². The molecule has 2 aromatic heterocycles. The maximum absolute atomic E-state index is 12.3. The minimum absolute atomic E-state index is 0. The molecule has 8 heteroatoms. The second-order valence-corrected chi connectivity index (χ2v) is 4.45. The third-order valence-electron chi connectivity index (χ3n) is 2.92. The van der Waals surface area contributed by atoms with Gasteiger partial charge in [0.2, 0.25) is 0 Å². The number of alkyl halides is 2. The molecule has 2 rings (SSSR count). The molecule has 0 bridgehead atoms. The first kappa shape index (κ1) is 16.6. The van der Waals surface area contributed by atoms with Gasteiger partial charge < -0.3 is 5.32 Å². The van der Waals surface area contributed by atoms with Gasteiger partial charge in [-0.05, 0) is 6.92 Å². The van der Waals surface area contributed by atoms with Gasteiger partial charge in [0.25, 0.3) is 6.43 Å². The van der Waals surface area contributed by atoms with E-state index in [-0.39, 0.29) is 19.0 Å². The zero-order valence-electron chi connectivity index (χ0n) is 11.4. The molecule has 0 amide bonds. The lowest BCUT2D eigenvalue weighted by Crippen LogP contribution is -2.14. The highest BCUT2D eigenvalue weighted by atomic mass is 35.5. The molecule has 0 saturated carbocycles.